The minimum Gasteiger partial charge on any atom is -0.462 e. The van der Waals surface area contributed by atoms with Crippen molar-refractivity contribution in [1.82, 2.24) is 0 Å². The van der Waals surface area contributed by atoms with E-state index >= 15 is 0 Å². The van der Waals surface area contributed by atoms with Gasteiger partial charge in [-0.05, 0) is 109 Å². The lowest BCUT2D eigenvalue weighted by atomic mass is 10.0. The van der Waals surface area contributed by atoms with E-state index in [0.717, 1.165) is 109 Å². The Bertz CT molecular complexity index is 1650. The van der Waals surface area contributed by atoms with Gasteiger partial charge in [0.15, 0.2) is 6.10 Å². The maximum absolute atomic E-state index is 12.9. The van der Waals surface area contributed by atoms with Gasteiger partial charge in [0.05, 0.1) is 0 Å². The lowest BCUT2D eigenvalue weighted by Crippen LogP contribution is -2.30. The van der Waals surface area contributed by atoms with Crippen LogP contribution in [0.25, 0.3) is 0 Å². The van der Waals surface area contributed by atoms with E-state index in [1.54, 1.807) is 0 Å². The summed E-state index contributed by atoms with van der Waals surface area (Å²) in [5, 5.41) is 0. The Morgan fingerprint density at radius 2 is 0.519 bits per heavy atom. The van der Waals surface area contributed by atoms with Crippen LogP contribution in [0.1, 0.15) is 278 Å². The van der Waals surface area contributed by atoms with Crippen molar-refractivity contribution < 1.29 is 28.6 Å². The summed E-state index contributed by atoms with van der Waals surface area (Å²) in [5.74, 6) is -1.01. The third kappa shape index (κ3) is 62.3. The summed E-state index contributed by atoms with van der Waals surface area (Å²) in [6.07, 6.45) is 90.4. The molecule has 0 aromatic heterocycles. The van der Waals surface area contributed by atoms with Gasteiger partial charge in [-0.2, -0.15) is 0 Å². The van der Waals surface area contributed by atoms with E-state index in [0.29, 0.717) is 25.7 Å². The molecule has 0 amide bonds. The molecule has 0 saturated heterocycles. The Morgan fingerprint density at radius 1 is 0.273 bits per heavy atom. The maximum atomic E-state index is 12.9. The number of hydrogen-bond acceptors (Lipinski definition) is 6. The maximum Gasteiger partial charge on any atom is 0.306 e. The van der Waals surface area contributed by atoms with Crippen LogP contribution in [0.2, 0.25) is 0 Å². The first-order valence-electron chi connectivity index (χ1n) is 31.7. The van der Waals surface area contributed by atoms with Crippen LogP contribution in [0.3, 0.4) is 0 Å². The zero-order valence-electron chi connectivity index (χ0n) is 49.9. The molecule has 0 aromatic rings. The van der Waals surface area contributed by atoms with Crippen molar-refractivity contribution in [3.8, 4) is 0 Å². The van der Waals surface area contributed by atoms with Gasteiger partial charge < -0.3 is 14.2 Å². The third-order valence-electron chi connectivity index (χ3n) is 13.2. The second kappa shape index (κ2) is 64.1. The fourth-order valence-electron chi connectivity index (χ4n) is 8.48. The molecule has 0 bridgehead atoms. The topological polar surface area (TPSA) is 78.9 Å². The molecule has 0 aromatic carbocycles. The second-order valence-electron chi connectivity index (χ2n) is 20.6. The van der Waals surface area contributed by atoms with E-state index in [4.69, 9.17) is 14.2 Å². The fraction of sp³-hybridized carbons (Fsp3) is 0.648. The molecule has 0 saturated carbocycles. The molecule has 0 fully saturated rings. The van der Waals surface area contributed by atoms with Crippen LogP contribution in [0.15, 0.2) is 134 Å². The number of rotatable bonds is 56. The molecule has 436 valence electrons. The zero-order valence-corrected chi connectivity index (χ0v) is 49.9. The molecule has 6 heteroatoms. The number of ether oxygens (including phenoxy) is 3. The first kappa shape index (κ1) is 72.5. The van der Waals surface area contributed by atoms with Gasteiger partial charge in [-0.3, -0.25) is 14.4 Å². The molecule has 0 N–H and O–H groups in total. The third-order valence-corrected chi connectivity index (χ3v) is 13.2. The van der Waals surface area contributed by atoms with Crippen LogP contribution in [0.4, 0.5) is 0 Å². The average molecular weight is 1070 g/mol. The number of unbranched alkanes of at least 4 members (excludes halogenated alkanes) is 23. The van der Waals surface area contributed by atoms with Gasteiger partial charge in [0.1, 0.15) is 13.2 Å². The van der Waals surface area contributed by atoms with Crippen molar-refractivity contribution in [2.24, 2.45) is 0 Å². The van der Waals surface area contributed by atoms with Gasteiger partial charge in [0.2, 0.25) is 0 Å². The Hall–Kier alpha value is -4.45. The monoisotopic (exact) mass is 1060 g/mol. The summed E-state index contributed by atoms with van der Waals surface area (Å²) in [4.78, 5) is 38.3. The largest absolute Gasteiger partial charge is 0.462 e. The molecule has 1 atom stereocenters. The highest BCUT2D eigenvalue weighted by Crippen LogP contribution is 2.16. The Morgan fingerprint density at radius 3 is 0.844 bits per heavy atom. The van der Waals surface area contributed by atoms with Gasteiger partial charge >= 0.3 is 17.9 Å². The highest BCUT2D eigenvalue weighted by molar-refractivity contribution is 5.71. The molecule has 1 unspecified atom stereocenters. The molecule has 0 aliphatic heterocycles. The van der Waals surface area contributed by atoms with E-state index in [2.05, 4.69) is 154 Å². The predicted octanol–water partition coefficient (Wildman–Crippen LogP) is 21.8. The molecule has 0 aliphatic rings. The van der Waals surface area contributed by atoms with Crippen LogP contribution in [-0.4, -0.2) is 37.2 Å². The zero-order chi connectivity index (χ0) is 55.7. The number of hydrogen-bond donors (Lipinski definition) is 0. The smallest absolute Gasteiger partial charge is 0.306 e. The first-order chi connectivity index (χ1) is 38.0. The minimum absolute atomic E-state index is 0.120. The van der Waals surface area contributed by atoms with Gasteiger partial charge in [0.25, 0.3) is 0 Å². The summed E-state index contributed by atoms with van der Waals surface area (Å²) < 4.78 is 16.8. The fourth-order valence-corrected chi connectivity index (χ4v) is 8.48. The van der Waals surface area contributed by atoms with Crippen molar-refractivity contribution in [2.75, 3.05) is 13.2 Å². The standard InChI is InChI=1S/C71H116O6/c1-4-7-10-13-16-19-22-25-28-30-32-34-35-37-38-40-43-46-49-52-55-58-61-64-70(73)76-67-68(66-75-69(72)63-60-57-54-51-48-45-42-27-24-21-18-15-12-9-6-3)77-71(74)65-62-59-56-53-50-47-44-41-39-36-33-31-29-26-23-20-17-14-11-8-5-2/h7,9-10,12,16,18-19,21,25,27-28,32,34,37-38,42-43,46,48,51-52,55,68H,4-6,8,11,13-15,17,20,22-24,26,29-31,33,35-36,39-41,44-45,47,49-50,53-54,56-67H2,1-3H3/b10-7-,12-9-,19-16-,21-18-,28-25-,34-32-,38-37-,42-27-,46-43-,51-48-,55-52-. The van der Waals surface area contributed by atoms with E-state index in [1.165, 1.54) is 116 Å². The SMILES string of the molecule is CC/C=C\C/C=C\C/C=C\C/C=C\C/C=C\C/C=C\C/C=C\CCCC(=O)OCC(COC(=O)CCCC/C=C\C/C=C\C/C=C\C/C=C\CC)OC(=O)CCCCCCCCCCCCCCCCCCCCCCC. The Labute approximate surface area is 475 Å². The highest BCUT2D eigenvalue weighted by atomic mass is 16.6. The molecule has 0 heterocycles. The minimum atomic E-state index is -0.823. The predicted molar refractivity (Wildman–Crippen MR) is 334 cm³/mol. The summed E-state index contributed by atoms with van der Waals surface area (Å²) in [5.41, 5.74) is 0. The van der Waals surface area contributed by atoms with Crippen molar-refractivity contribution >= 4 is 17.9 Å². The number of allylic oxidation sites excluding steroid dienone is 22. The van der Waals surface area contributed by atoms with E-state index in [9.17, 15) is 14.4 Å². The van der Waals surface area contributed by atoms with Crippen LogP contribution < -0.4 is 0 Å². The number of carbonyl (C=O) groups excluding carboxylic acids is 3. The molecule has 0 radical (unpaired) electrons. The molecule has 77 heavy (non-hydrogen) atoms. The molecule has 0 aliphatic carbocycles. The number of esters is 3. The number of carbonyl (C=O) groups is 3. The van der Waals surface area contributed by atoms with E-state index in [1.807, 2.05) is 0 Å². The molecule has 6 nitrogen and oxygen atoms in total. The van der Waals surface area contributed by atoms with Gasteiger partial charge in [-0.15, -0.1) is 0 Å². The summed E-state index contributed by atoms with van der Waals surface area (Å²) in [6, 6.07) is 0. The van der Waals surface area contributed by atoms with Crippen molar-refractivity contribution in [3.63, 3.8) is 0 Å². The normalized spacial score (nSPS) is 13.0. The summed E-state index contributed by atoms with van der Waals surface area (Å²) >= 11 is 0. The molecule has 0 rings (SSSR count). The van der Waals surface area contributed by atoms with Gasteiger partial charge in [0, 0.05) is 19.3 Å². The quantitative estimate of drug-likeness (QED) is 0.0261. The van der Waals surface area contributed by atoms with Crippen LogP contribution >= 0.6 is 0 Å². The van der Waals surface area contributed by atoms with E-state index in [-0.39, 0.29) is 37.5 Å². The van der Waals surface area contributed by atoms with Crippen LogP contribution in [-0.2, 0) is 28.6 Å². The lowest BCUT2D eigenvalue weighted by molar-refractivity contribution is -0.167. The Balaban J connectivity index is 4.50. The molecular formula is C71H116O6. The van der Waals surface area contributed by atoms with Crippen LogP contribution in [0, 0.1) is 0 Å². The first-order valence-corrected chi connectivity index (χ1v) is 31.7. The van der Waals surface area contributed by atoms with Gasteiger partial charge in [-0.25, -0.2) is 0 Å². The Kier molecular flexibility index (Phi) is 60.4. The summed E-state index contributed by atoms with van der Waals surface area (Å²) in [7, 11) is 0. The highest BCUT2D eigenvalue weighted by Gasteiger charge is 2.19. The van der Waals surface area contributed by atoms with Crippen molar-refractivity contribution in [2.45, 2.75) is 284 Å². The van der Waals surface area contributed by atoms with Crippen molar-refractivity contribution in [3.05, 3.63) is 134 Å². The van der Waals surface area contributed by atoms with E-state index < -0.39 is 6.10 Å². The average Bonchev–Trinajstić information content (AvgIpc) is 3.43. The van der Waals surface area contributed by atoms with Crippen LogP contribution in [0.5, 0.6) is 0 Å². The lowest BCUT2D eigenvalue weighted by Gasteiger charge is -2.18. The van der Waals surface area contributed by atoms with Gasteiger partial charge in [-0.1, -0.05) is 283 Å². The van der Waals surface area contributed by atoms with Crippen molar-refractivity contribution in [1.29, 1.82) is 0 Å². The summed E-state index contributed by atoms with van der Waals surface area (Å²) in [6.45, 7) is 6.34. The molecule has 0 spiro atoms. The second-order valence-corrected chi connectivity index (χ2v) is 20.6. The molecular weight excluding hydrogens is 949 g/mol.